The van der Waals surface area contributed by atoms with Gasteiger partial charge in [0, 0.05) is 11.1 Å². The number of benzene rings is 2. The average molecular weight is 287 g/mol. The Balaban J connectivity index is 2.03. The summed E-state index contributed by atoms with van der Waals surface area (Å²) in [7, 11) is 0. The molecule has 0 bridgehead atoms. The van der Waals surface area contributed by atoms with Gasteiger partial charge >= 0.3 is 0 Å². The van der Waals surface area contributed by atoms with Crippen molar-refractivity contribution < 1.29 is 0 Å². The Morgan fingerprint density at radius 2 is 1.41 bits per heavy atom. The maximum atomic E-state index is 5.93. The molecule has 0 aliphatic rings. The van der Waals surface area contributed by atoms with Crippen molar-refractivity contribution in [2.24, 2.45) is 0 Å². The first kappa shape index (κ1) is 12.5. The highest BCUT2D eigenvalue weighted by Gasteiger charge is 2.14. The molecule has 0 saturated heterocycles. The first-order valence-electron chi connectivity index (χ1n) is 6.94. The van der Waals surface area contributed by atoms with Gasteiger partial charge in [-0.15, -0.1) is 0 Å². The maximum absolute atomic E-state index is 5.93. The molecule has 5 heteroatoms. The van der Waals surface area contributed by atoms with Crippen LogP contribution in [0, 0.1) is 0 Å². The molecule has 0 spiro atoms. The molecule has 0 unspecified atom stereocenters. The van der Waals surface area contributed by atoms with E-state index in [4.69, 9.17) is 10.8 Å². The molecular formula is C17H13N5. The monoisotopic (exact) mass is 287 g/mol. The van der Waals surface area contributed by atoms with Crippen molar-refractivity contribution in [3.63, 3.8) is 0 Å². The third-order valence-corrected chi connectivity index (χ3v) is 3.50. The van der Waals surface area contributed by atoms with Crippen LogP contribution in [0.25, 0.3) is 33.8 Å². The van der Waals surface area contributed by atoms with E-state index in [1.165, 1.54) is 4.68 Å². The Morgan fingerprint density at radius 3 is 2.09 bits per heavy atom. The van der Waals surface area contributed by atoms with E-state index in [2.05, 4.69) is 9.97 Å². The summed E-state index contributed by atoms with van der Waals surface area (Å²) in [4.78, 5) is 13.6. The molecule has 0 aliphatic heterocycles. The summed E-state index contributed by atoms with van der Waals surface area (Å²) in [5.74, 6) is 6.57. The van der Waals surface area contributed by atoms with Crippen LogP contribution in [-0.4, -0.2) is 19.6 Å². The molecule has 4 rings (SSSR count). The number of nitrogens with two attached hydrogens (primary N) is 1. The van der Waals surface area contributed by atoms with Crippen molar-refractivity contribution in [2.75, 3.05) is 5.84 Å². The second-order valence-electron chi connectivity index (χ2n) is 4.95. The summed E-state index contributed by atoms with van der Waals surface area (Å²) < 4.78 is 1.43. The SMILES string of the molecule is Nn1cnc2c(-c3ccccc3)nc(-c3ccccc3)nc21. The average Bonchev–Trinajstić information content (AvgIpc) is 2.97. The van der Waals surface area contributed by atoms with E-state index in [1.54, 1.807) is 6.33 Å². The minimum absolute atomic E-state index is 0.618. The fraction of sp³-hybridized carbons (Fsp3) is 0. The molecule has 0 aliphatic carbocycles. The van der Waals surface area contributed by atoms with Crippen molar-refractivity contribution >= 4 is 11.2 Å². The van der Waals surface area contributed by atoms with E-state index in [1.807, 2.05) is 60.7 Å². The molecule has 2 aromatic heterocycles. The zero-order valence-corrected chi connectivity index (χ0v) is 11.7. The van der Waals surface area contributed by atoms with Crippen LogP contribution < -0.4 is 5.84 Å². The largest absolute Gasteiger partial charge is 0.336 e. The van der Waals surface area contributed by atoms with Gasteiger partial charge in [-0.25, -0.2) is 19.6 Å². The molecule has 5 nitrogen and oxygen atoms in total. The summed E-state index contributed by atoms with van der Waals surface area (Å²) >= 11 is 0. The fourth-order valence-corrected chi connectivity index (χ4v) is 2.43. The number of nitrogen functional groups attached to an aromatic ring is 1. The lowest BCUT2D eigenvalue weighted by molar-refractivity contribution is 1.01. The molecule has 22 heavy (non-hydrogen) atoms. The predicted octanol–water partition coefficient (Wildman–Crippen LogP) is 2.87. The Hall–Kier alpha value is -3.21. The van der Waals surface area contributed by atoms with Gasteiger partial charge in [-0.05, 0) is 0 Å². The van der Waals surface area contributed by atoms with Crippen LogP contribution in [0.5, 0.6) is 0 Å². The Morgan fingerprint density at radius 1 is 0.773 bits per heavy atom. The van der Waals surface area contributed by atoms with Gasteiger partial charge in [0.15, 0.2) is 11.5 Å². The number of rotatable bonds is 2. The summed E-state index contributed by atoms with van der Waals surface area (Å²) in [5, 5.41) is 0. The highest BCUT2D eigenvalue weighted by molar-refractivity contribution is 5.88. The fourth-order valence-electron chi connectivity index (χ4n) is 2.43. The van der Waals surface area contributed by atoms with E-state index < -0.39 is 0 Å². The lowest BCUT2D eigenvalue weighted by Crippen LogP contribution is -2.07. The van der Waals surface area contributed by atoms with E-state index in [0.717, 1.165) is 16.8 Å². The standard InChI is InChI=1S/C17H13N5/c18-22-11-19-15-14(12-7-3-1-4-8-12)20-16(21-17(15)22)13-9-5-2-6-10-13/h1-11H,18H2. The normalized spacial score (nSPS) is 10.9. The first-order chi connectivity index (χ1) is 10.8. The molecule has 0 fully saturated rings. The first-order valence-corrected chi connectivity index (χ1v) is 6.94. The van der Waals surface area contributed by atoms with Gasteiger partial charge in [0.25, 0.3) is 0 Å². The van der Waals surface area contributed by atoms with Gasteiger partial charge in [-0.3, -0.25) is 0 Å². The third kappa shape index (κ3) is 2.00. The molecule has 2 heterocycles. The minimum atomic E-state index is 0.618. The summed E-state index contributed by atoms with van der Waals surface area (Å²) in [6.45, 7) is 0. The number of nitrogens with zero attached hydrogens (tertiary/aromatic N) is 4. The second kappa shape index (κ2) is 4.96. The molecule has 0 radical (unpaired) electrons. The smallest absolute Gasteiger partial charge is 0.183 e. The van der Waals surface area contributed by atoms with Crippen LogP contribution in [0.1, 0.15) is 0 Å². The lowest BCUT2D eigenvalue weighted by Gasteiger charge is -2.06. The van der Waals surface area contributed by atoms with Crippen LogP contribution in [0.15, 0.2) is 67.0 Å². The lowest BCUT2D eigenvalue weighted by atomic mass is 10.1. The zero-order valence-electron chi connectivity index (χ0n) is 11.7. The highest BCUT2D eigenvalue weighted by Crippen LogP contribution is 2.27. The van der Waals surface area contributed by atoms with Gasteiger partial charge < -0.3 is 5.84 Å². The molecule has 0 atom stereocenters. The van der Waals surface area contributed by atoms with Crippen molar-refractivity contribution in [2.45, 2.75) is 0 Å². The number of fused-ring (bicyclic) bond motifs is 1. The summed E-state index contributed by atoms with van der Waals surface area (Å²) in [5.41, 5.74) is 4.04. The Kier molecular flexibility index (Phi) is 2.83. The van der Waals surface area contributed by atoms with Crippen molar-refractivity contribution in [1.82, 2.24) is 19.6 Å². The van der Waals surface area contributed by atoms with Crippen LogP contribution in [-0.2, 0) is 0 Å². The molecule has 4 aromatic rings. The van der Waals surface area contributed by atoms with Crippen molar-refractivity contribution in [3.8, 4) is 22.6 Å². The summed E-state index contributed by atoms with van der Waals surface area (Å²) in [6, 6.07) is 19.8. The molecule has 0 saturated carbocycles. The maximum Gasteiger partial charge on any atom is 0.183 e. The van der Waals surface area contributed by atoms with Crippen LogP contribution in [0.4, 0.5) is 0 Å². The summed E-state index contributed by atoms with van der Waals surface area (Å²) in [6.07, 6.45) is 1.56. The van der Waals surface area contributed by atoms with Crippen LogP contribution in [0.2, 0.25) is 0 Å². The zero-order chi connectivity index (χ0) is 14.9. The van der Waals surface area contributed by atoms with Gasteiger partial charge in [0.05, 0.1) is 0 Å². The Bertz CT molecular complexity index is 929. The number of hydrogen-bond acceptors (Lipinski definition) is 4. The van der Waals surface area contributed by atoms with Gasteiger partial charge in [0.1, 0.15) is 17.5 Å². The van der Waals surface area contributed by atoms with E-state index >= 15 is 0 Å². The van der Waals surface area contributed by atoms with E-state index in [9.17, 15) is 0 Å². The second-order valence-corrected chi connectivity index (χ2v) is 4.95. The van der Waals surface area contributed by atoms with Gasteiger partial charge in [-0.1, -0.05) is 60.7 Å². The molecule has 106 valence electrons. The predicted molar refractivity (Wildman–Crippen MR) is 86.3 cm³/mol. The quantitative estimate of drug-likeness (QED) is 0.575. The van der Waals surface area contributed by atoms with E-state index in [-0.39, 0.29) is 0 Å². The molecule has 0 amide bonds. The topological polar surface area (TPSA) is 69.6 Å². The minimum Gasteiger partial charge on any atom is -0.336 e. The van der Waals surface area contributed by atoms with Gasteiger partial charge in [-0.2, -0.15) is 0 Å². The number of aromatic nitrogens is 4. The third-order valence-electron chi connectivity index (χ3n) is 3.50. The van der Waals surface area contributed by atoms with Gasteiger partial charge in [0.2, 0.25) is 0 Å². The molecule has 2 aromatic carbocycles. The number of hydrogen-bond donors (Lipinski definition) is 1. The van der Waals surface area contributed by atoms with Crippen molar-refractivity contribution in [1.29, 1.82) is 0 Å². The molecular weight excluding hydrogens is 274 g/mol. The number of imidazole rings is 1. The van der Waals surface area contributed by atoms with Crippen LogP contribution in [0.3, 0.4) is 0 Å². The molecule has 2 N–H and O–H groups in total. The highest BCUT2D eigenvalue weighted by atomic mass is 15.3. The van der Waals surface area contributed by atoms with Crippen molar-refractivity contribution in [3.05, 3.63) is 67.0 Å². The van der Waals surface area contributed by atoms with E-state index in [0.29, 0.717) is 17.0 Å². The van der Waals surface area contributed by atoms with Crippen LogP contribution >= 0.6 is 0 Å². The Labute approximate surface area is 127 Å².